The van der Waals surface area contributed by atoms with E-state index in [1.54, 1.807) is 0 Å². The number of fused-ring (bicyclic) bond motifs is 2. The molecule has 23 heavy (non-hydrogen) atoms. The Morgan fingerprint density at radius 2 is 1.87 bits per heavy atom. The van der Waals surface area contributed by atoms with Gasteiger partial charge in [0.2, 0.25) is 0 Å². The lowest BCUT2D eigenvalue weighted by atomic mass is 9.87. The third-order valence-electron chi connectivity index (χ3n) is 4.61. The summed E-state index contributed by atoms with van der Waals surface area (Å²) < 4.78 is 5.66. The zero-order valence-corrected chi connectivity index (χ0v) is 13.4. The molecule has 3 aromatic rings. The monoisotopic (exact) mass is 303 g/mol. The number of hydrogen-bond acceptors (Lipinski definition) is 2. The SMILES string of the molecule is CCOc1ccc2c(c1)CCNC2c1cccc2ccccc12. The molecule has 0 saturated heterocycles. The van der Waals surface area contributed by atoms with E-state index in [9.17, 15) is 0 Å². The molecular formula is C21H21NO. The van der Waals surface area contributed by atoms with Crippen LogP contribution in [0.5, 0.6) is 5.75 Å². The summed E-state index contributed by atoms with van der Waals surface area (Å²) in [6.45, 7) is 3.74. The zero-order valence-electron chi connectivity index (χ0n) is 13.4. The maximum Gasteiger partial charge on any atom is 0.119 e. The highest BCUT2D eigenvalue weighted by Crippen LogP contribution is 2.34. The van der Waals surface area contributed by atoms with Crippen molar-refractivity contribution in [2.45, 2.75) is 19.4 Å². The first kappa shape index (κ1) is 14.3. The smallest absolute Gasteiger partial charge is 0.119 e. The minimum Gasteiger partial charge on any atom is -0.494 e. The van der Waals surface area contributed by atoms with Gasteiger partial charge in [0.15, 0.2) is 0 Å². The number of ether oxygens (including phenoxy) is 1. The van der Waals surface area contributed by atoms with E-state index in [-0.39, 0.29) is 6.04 Å². The van der Waals surface area contributed by atoms with Gasteiger partial charge in [-0.3, -0.25) is 0 Å². The Balaban J connectivity index is 1.82. The fourth-order valence-corrected chi connectivity index (χ4v) is 3.58. The van der Waals surface area contributed by atoms with Crippen molar-refractivity contribution in [1.29, 1.82) is 0 Å². The quantitative estimate of drug-likeness (QED) is 0.770. The van der Waals surface area contributed by atoms with Crippen molar-refractivity contribution in [3.8, 4) is 5.75 Å². The Kier molecular flexibility index (Phi) is 3.76. The second kappa shape index (κ2) is 6.05. The number of rotatable bonds is 3. The van der Waals surface area contributed by atoms with Gasteiger partial charge in [0.05, 0.1) is 12.6 Å². The predicted molar refractivity (Wildman–Crippen MR) is 95.1 cm³/mol. The number of hydrogen-bond donors (Lipinski definition) is 1. The molecule has 1 unspecified atom stereocenters. The van der Waals surface area contributed by atoms with Crippen LogP contribution in [0, 0.1) is 0 Å². The van der Waals surface area contributed by atoms with E-state index in [0.29, 0.717) is 6.61 Å². The molecule has 1 aliphatic heterocycles. The first-order valence-electron chi connectivity index (χ1n) is 8.33. The van der Waals surface area contributed by atoms with E-state index in [4.69, 9.17) is 4.74 Å². The van der Waals surface area contributed by atoms with Crippen LogP contribution in [-0.2, 0) is 6.42 Å². The van der Waals surface area contributed by atoms with Crippen molar-refractivity contribution < 1.29 is 4.74 Å². The molecule has 1 atom stereocenters. The highest BCUT2D eigenvalue weighted by Gasteiger charge is 2.23. The molecule has 0 amide bonds. The van der Waals surface area contributed by atoms with E-state index >= 15 is 0 Å². The Bertz CT molecular complexity index is 835. The van der Waals surface area contributed by atoms with Crippen molar-refractivity contribution in [2.75, 3.05) is 13.2 Å². The maximum absolute atomic E-state index is 5.66. The highest BCUT2D eigenvalue weighted by molar-refractivity contribution is 5.86. The Hall–Kier alpha value is -2.32. The molecule has 0 saturated carbocycles. The highest BCUT2D eigenvalue weighted by atomic mass is 16.5. The van der Waals surface area contributed by atoms with E-state index in [2.05, 4.69) is 66.0 Å². The van der Waals surface area contributed by atoms with Crippen molar-refractivity contribution in [3.63, 3.8) is 0 Å². The normalized spacial score (nSPS) is 17.0. The summed E-state index contributed by atoms with van der Waals surface area (Å²) in [4.78, 5) is 0. The average molecular weight is 303 g/mol. The predicted octanol–water partition coefficient (Wildman–Crippen LogP) is 4.47. The molecule has 0 aliphatic carbocycles. The number of nitrogens with one attached hydrogen (secondary N) is 1. The van der Waals surface area contributed by atoms with Gasteiger partial charge in [-0.2, -0.15) is 0 Å². The van der Waals surface area contributed by atoms with Crippen LogP contribution in [0.15, 0.2) is 60.7 Å². The van der Waals surface area contributed by atoms with Gasteiger partial charge in [-0.15, -0.1) is 0 Å². The Morgan fingerprint density at radius 3 is 2.78 bits per heavy atom. The topological polar surface area (TPSA) is 21.3 Å². The molecule has 1 N–H and O–H groups in total. The summed E-state index contributed by atoms with van der Waals surface area (Å²) in [5, 5.41) is 6.32. The third kappa shape index (κ3) is 2.60. The van der Waals surface area contributed by atoms with Crippen LogP contribution in [0.2, 0.25) is 0 Å². The lowest BCUT2D eigenvalue weighted by Crippen LogP contribution is -2.30. The standard InChI is InChI=1S/C21H21NO/c1-2-23-17-10-11-19-16(14-17)12-13-22-21(19)20-9-5-7-15-6-3-4-8-18(15)20/h3-11,14,21-22H,2,12-13H2,1H3. The summed E-state index contributed by atoms with van der Waals surface area (Å²) in [6.07, 6.45) is 1.05. The van der Waals surface area contributed by atoms with E-state index in [1.807, 2.05) is 6.92 Å². The fourth-order valence-electron chi connectivity index (χ4n) is 3.58. The molecular weight excluding hydrogens is 282 g/mol. The lowest BCUT2D eigenvalue weighted by Gasteiger charge is -2.28. The van der Waals surface area contributed by atoms with Crippen molar-refractivity contribution in [3.05, 3.63) is 77.4 Å². The zero-order chi connectivity index (χ0) is 15.6. The van der Waals surface area contributed by atoms with Gasteiger partial charge in [0.1, 0.15) is 5.75 Å². The van der Waals surface area contributed by atoms with E-state index in [0.717, 1.165) is 18.7 Å². The summed E-state index contributed by atoms with van der Waals surface area (Å²) in [6, 6.07) is 22.0. The van der Waals surface area contributed by atoms with Crippen LogP contribution in [0.3, 0.4) is 0 Å². The van der Waals surface area contributed by atoms with Gasteiger partial charge in [0.25, 0.3) is 0 Å². The van der Waals surface area contributed by atoms with Gasteiger partial charge >= 0.3 is 0 Å². The third-order valence-corrected chi connectivity index (χ3v) is 4.61. The van der Waals surface area contributed by atoms with Crippen LogP contribution in [0.1, 0.15) is 29.7 Å². The molecule has 2 nitrogen and oxygen atoms in total. The van der Waals surface area contributed by atoms with Crippen LogP contribution in [0.25, 0.3) is 10.8 Å². The van der Waals surface area contributed by atoms with Crippen LogP contribution in [-0.4, -0.2) is 13.2 Å². The first-order chi connectivity index (χ1) is 11.4. The summed E-state index contributed by atoms with van der Waals surface area (Å²) in [7, 11) is 0. The molecule has 0 bridgehead atoms. The van der Waals surface area contributed by atoms with Crippen LogP contribution >= 0.6 is 0 Å². The number of benzene rings is 3. The van der Waals surface area contributed by atoms with Crippen molar-refractivity contribution in [1.82, 2.24) is 5.32 Å². The van der Waals surface area contributed by atoms with E-state index < -0.39 is 0 Å². The largest absolute Gasteiger partial charge is 0.494 e. The molecule has 1 heterocycles. The minimum atomic E-state index is 0.250. The van der Waals surface area contributed by atoms with Gasteiger partial charge in [-0.05, 0) is 52.9 Å². The Morgan fingerprint density at radius 1 is 1.00 bits per heavy atom. The van der Waals surface area contributed by atoms with Crippen molar-refractivity contribution in [2.24, 2.45) is 0 Å². The summed E-state index contributed by atoms with van der Waals surface area (Å²) >= 11 is 0. The summed E-state index contributed by atoms with van der Waals surface area (Å²) in [5.74, 6) is 0.977. The molecule has 116 valence electrons. The molecule has 4 rings (SSSR count). The second-order valence-electron chi connectivity index (χ2n) is 6.00. The summed E-state index contributed by atoms with van der Waals surface area (Å²) in [5.41, 5.74) is 4.12. The first-order valence-corrected chi connectivity index (χ1v) is 8.33. The lowest BCUT2D eigenvalue weighted by molar-refractivity contribution is 0.339. The minimum absolute atomic E-state index is 0.250. The molecule has 0 fully saturated rings. The molecule has 0 spiro atoms. The molecule has 0 radical (unpaired) electrons. The van der Waals surface area contributed by atoms with Gasteiger partial charge in [-0.1, -0.05) is 48.5 Å². The second-order valence-corrected chi connectivity index (χ2v) is 6.00. The van der Waals surface area contributed by atoms with Gasteiger partial charge < -0.3 is 10.1 Å². The fraction of sp³-hybridized carbons (Fsp3) is 0.238. The Labute approximate surface area is 137 Å². The molecule has 2 heteroatoms. The average Bonchev–Trinajstić information content (AvgIpc) is 2.61. The molecule has 0 aromatic heterocycles. The van der Waals surface area contributed by atoms with Gasteiger partial charge in [0, 0.05) is 6.54 Å². The molecule has 3 aromatic carbocycles. The van der Waals surface area contributed by atoms with Crippen LogP contribution < -0.4 is 10.1 Å². The van der Waals surface area contributed by atoms with Crippen molar-refractivity contribution >= 4 is 10.8 Å². The molecule has 1 aliphatic rings. The van der Waals surface area contributed by atoms with Gasteiger partial charge in [-0.25, -0.2) is 0 Å². The maximum atomic E-state index is 5.66. The van der Waals surface area contributed by atoms with E-state index in [1.165, 1.54) is 27.5 Å². The van der Waals surface area contributed by atoms with Crippen LogP contribution in [0.4, 0.5) is 0 Å².